The third kappa shape index (κ3) is 7.83. The Balaban J connectivity index is 1.23. The summed E-state index contributed by atoms with van der Waals surface area (Å²) in [5.41, 5.74) is 7.82. The van der Waals surface area contributed by atoms with E-state index in [9.17, 15) is 19.1 Å². The smallest absolute Gasteiger partial charge is 0.312 e. The molecule has 7 nitrogen and oxygen atoms in total. The number of benzene rings is 2. The fourth-order valence-electron chi connectivity index (χ4n) is 5.70. The molecule has 2 aliphatic rings. The molecule has 4 rings (SSSR count). The summed E-state index contributed by atoms with van der Waals surface area (Å²) in [5.74, 6) is -1.77. The van der Waals surface area contributed by atoms with Gasteiger partial charge in [-0.2, -0.15) is 0 Å². The van der Waals surface area contributed by atoms with Crippen LogP contribution in [0.3, 0.4) is 0 Å². The first kappa shape index (κ1) is 30.0. The number of anilines is 1. The van der Waals surface area contributed by atoms with Crippen molar-refractivity contribution in [3.05, 3.63) is 76.1 Å². The number of nitrogen functional groups attached to an aromatic ring is 1. The molecule has 2 aliphatic heterocycles. The molecule has 0 aromatic heterocycles. The molecule has 0 spiro atoms. The van der Waals surface area contributed by atoms with Crippen LogP contribution in [-0.2, 0) is 11.2 Å². The third-order valence-corrected chi connectivity index (χ3v) is 8.30. The highest BCUT2D eigenvalue weighted by atomic mass is 35.5. The zero-order valence-corrected chi connectivity index (χ0v) is 24.0. The van der Waals surface area contributed by atoms with Gasteiger partial charge >= 0.3 is 5.97 Å². The van der Waals surface area contributed by atoms with Crippen molar-refractivity contribution in [2.75, 3.05) is 58.1 Å². The Morgan fingerprint density at radius 2 is 1.73 bits per heavy atom. The van der Waals surface area contributed by atoms with Crippen molar-refractivity contribution in [1.29, 1.82) is 0 Å². The maximum atomic E-state index is 14.9. The number of allylic oxidation sites excluding steroid dienone is 2. The number of piperidine rings is 1. The van der Waals surface area contributed by atoms with E-state index in [1.54, 1.807) is 35.2 Å². The molecule has 2 heterocycles. The highest BCUT2D eigenvalue weighted by molar-refractivity contribution is 6.30. The van der Waals surface area contributed by atoms with Gasteiger partial charge in [-0.05, 0) is 80.1 Å². The molecule has 2 aromatic carbocycles. The lowest BCUT2D eigenvalue weighted by Gasteiger charge is -2.39. The molecule has 40 heavy (non-hydrogen) atoms. The summed E-state index contributed by atoms with van der Waals surface area (Å²) in [7, 11) is 0. The number of hydrogen-bond donors (Lipinski definition) is 2. The van der Waals surface area contributed by atoms with Gasteiger partial charge in [0.25, 0.3) is 5.91 Å². The maximum absolute atomic E-state index is 14.9. The number of aliphatic carboxylic acids is 1. The Bertz CT molecular complexity index is 1170. The highest BCUT2D eigenvalue weighted by Crippen LogP contribution is 2.26. The van der Waals surface area contributed by atoms with E-state index in [2.05, 4.69) is 9.80 Å². The summed E-state index contributed by atoms with van der Waals surface area (Å²) in [6.07, 6.45) is 7.52. The minimum absolute atomic E-state index is 0.0256. The summed E-state index contributed by atoms with van der Waals surface area (Å²) in [6, 6.07) is 10.2. The van der Waals surface area contributed by atoms with Crippen LogP contribution in [0.15, 0.2) is 48.6 Å². The van der Waals surface area contributed by atoms with Crippen LogP contribution < -0.4 is 5.73 Å². The molecule has 1 amide bonds. The number of hydrogen-bond acceptors (Lipinski definition) is 5. The van der Waals surface area contributed by atoms with Crippen molar-refractivity contribution in [2.45, 2.75) is 38.5 Å². The first-order chi connectivity index (χ1) is 19.2. The van der Waals surface area contributed by atoms with E-state index < -0.39 is 17.7 Å². The number of halogens is 2. The van der Waals surface area contributed by atoms with E-state index in [0.717, 1.165) is 63.1 Å². The number of rotatable bonds is 10. The van der Waals surface area contributed by atoms with Crippen LogP contribution in [0.4, 0.5) is 10.1 Å². The number of nitrogens with zero attached hydrogens (tertiary/aromatic N) is 3. The zero-order valence-electron chi connectivity index (χ0n) is 23.2. The van der Waals surface area contributed by atoms with Gasteiger partial charge < -0.3 is 20.6 Å². The normalized spacial score (nSPS) is 18.3. The molecule has 2 saturated heterocycles. The molecule has 1 atom stereocenters. The number of likely N-dealkylation sites (tertiary alicyclic amines) is 1. The van der Waals surface area contributed by atoms with Gasteiger partial charge in [0.2, 0.25) is 0 Å². The molecule has 1 unspecified atom stereocenters. The Morgan fingerprint density at radius 1 is 1.05 bits per heavy atom. The summed E-state index contributed by atoms with van der Waals surface area (Å²) < 4.78 is 14.9. The second kappa shape index (κ2) is 14.1. The van der Waals surface area contributed by atoms with Crippen LogP contribution in [0, 0.1) is 11.7 Å². The van der Waals surface area contributed by atoms with Crippen molar-refractivity contribution in [2.24, 2.45) is 5.92 Å². The van der Waals surface area contributed by atoms with Crippen molar-refractivity contribution in [1.82, 2.24) is 14.7 Å². The number of amides is 1. The van der Waals surface area contributed by atoms with Gasteiger partial charge in [0.1, 0.15) is 5.82 Å². The molecule has 0 aliphatic carbocycles. The number of carbonyl (C=O) groups excluding carboxylic acids is 1. The van der Waals surface area contributed by atoms with Gasteiger partial charge in [-0.3, -0.25) is 14.5 Å². The van der Waals surface area contributed by atoms with Gasteiger partial charge in [0, 0.05) is 50.0 Å². The molecule has 216 valence electrons. The standard InChI is InChI=1S/C31H40ClFN4O3/c1-2-3-4-5-23-18-27(33)29(28(34)19-23)30(38)37-16-14-36(15-17-37)20-22-10-12-35(13-11-22)21-26(31(39)40)24-6-8-25(32)9-7-24/h3-4,6-9,18-19,22,26H,2,5,10-17,20-21,34H2,1H3,(H,39,40)/b4-3+. The summed E-state index contributed by atoms with van der Waals surface area (Å²) >= 11 is 5.97. The van der Waals surface area contributed by atoms with Gasteiger partial charge in [0.05, 0.1) is 11.5 Å². The molecule has 9 heteroatoms. The minimum Gasteiger partial charge on any atom is -0.481 e. The monoisotopic (exact) mass is 570 g/mol. The van der Waals surface area contributed by atoms with Crippen LogP contribution in [-0.4, -0.2) is 84.0 Å². The second-order valence-electron chi connectivity index (χ2n) is 10.9. The number of carboxylic acid groups (broad SMARTS) is 1. The molecule has 3 N–H and O–H groups in total. The number of carboxylic acids is 1. The average Bonchev–Trinajstić information content (AvgIpc) is 2.93. The largest absolute Gasteiger partial charge is 0.481 e. The quantitative estimate of drug-likeness (QED) is 0.312. The van der Waals surface area contributed by atoms with Crippen molar-refractivity contribution in [3.63, 3.8) is 0 Å². The third-order valence-electron chi connectivity index (χ3n) is 8.04. The van der Waals surface area contributed by atoms with Crippen LogP contribution in [0.25, 0.3) is 0 Å². The molecule has 2 aromatic rings. The molecular weight excluding hydrogens is 531 g/mol. The highest BCUT2D eigenvalue weighted by Gasteiger charge is 2.30. The van der Waals surface area contributed by atoms with E-state index in [4.69, 9.17) is 17.3 Å². The second-order valence-corrected chi connectivity index (χ2v) is 11.3. The average molecular weight is 571 g/mol. The van der Waals surface area contributed by atoms with E-state index in [1.807, 2.05) is 19.1 Å². The molecule has 2 fully saturated rings. The van der Waals surface area contributed by atoms with Gasteiger partial charge in [-0.15, -0.1) is 0 Å². The first-order valence-electron chi connectivity index (χ1n) is 14.2. The Labute approximate surface area is 241 Å². The van der Waals surface area contributed by atoms with Crippen LogP contribution >= 0.6 is 11.6 Å². The Kier molecular flexibility index (Phi) is 10.6. The fraction of sp³-hybridized carbons (Fsp3) is 0.484. The van der Waals surface area contributed by atoms with E-state index in [1.165, 1.54) is 6.07 Å². The van der Waals surface area contributed by atoms with E-state index >= 15 is 0 Å². The lowest BCUT2D eigenvalue weighted by molar-refractivity contribution is -0.139. The summed E-state index contributed by atoms with van der Waals surface area (Å²) in [5, 5.41) is 10.4. The molecular formula is C31H40ClFN4O3. The van der Waals surface area contributed by atoms with E-state index in [0.29, 0.717) is 37.0 Å². The van der Waals surface area contributed by atoms with Gasteiger partial charge in [0.15, 0.2) is 0 Å². The Hall–Kier alpha value is -2.94. The minimum atomic E-state index is -0.821. The van der Waals surface area contributed by atoms with Crippen molar-refractivity contribution >= 4 is 29.2 Å². The van der Waals surface area contributed by atoms with Crippen LogP contribution in [0.5, 0.6) is 0 Å². The summed E-state index contributed by atoms with van der Waals surface area (Å²) in [6.45, 7) is 7.77. The maximum Gasteiger partial charge on any atom is 0.312 e. The number of piperazine rings is 1. The van der Waals surface area contributed by atoms with Gasteiger partial charge in [-0.1, -0.05) is 42.8 Å². The van der Waals surface area contributed by atoms with Crippen molar-refractivity contribution in [3.8, 4) is 0 Å². The Morgan fingerprint density at radius 3 is 2.33 bits per heavy atom. The first-order valence-corrected chi connectivity index (χ1v) is 14.6. The van der Waals surface area contributed by atoms with E-state index in [-0.39, 0.29) is 17.2 Å². The molecule has 0 bridgehead atoms. The lowest BCUT2D eigenvalue weighted by Crippen LogP contribution is -2.50. The van der Waals surface area contributed by atoms with Crippen molar-refractivity contribution < 1.29 is 19.1 Å². The van der Waals surface area contributed by atoms with Crippen LogP contribution in [0.2, 0.25) is 5.02 Å². The predicted octanol–water partition coefficient (Wildman–Crippen LogP) is 4.91. The zero-order chi connectivity index (χ0) is 28.6. The molecule has 0 saturated carbocycles. The fourth-order valence-corrected chi connectivity index (χ4v) is 5.83. The van der Waals surface area contributed by atoms with Gasteiger partial charge in [-0.25, -0.2) is 4.39 Å². The lowest BCUT2D eigenvalue weighted by atomic mass is 9.93. The number of carbonyl (C=O) groups is 2. The number of nitrogens with two attached hydrogens (primary N) is 1. The SMILES string of the molecule is CC/C=C/Cc1cc(N)c(C(=O)N2CCN(CC3CCN(CC(C(=O)O)c4ccc(Cl)cc4)CC3)CC2)c(F)c1. The molecule has 0 radical (unpaired) electrons. The predicted molar refractivity (Wildman–Crippen MR) is 157 cm³/mol. The van der Waals surface area contributed by atoms with Crippen LogP contribution in [0.1, 0.15) is 53.6 Å². The summed E-state index contributed by atoms with van der Waals surface area (Å²) in [4.78, 5) is 31.4. The topological polar surface area (TPSA) is 90.1 Å².